The van der Waals surface area contributed by atoms with Gasteiger partial charge in [-0.15, -0.1) is 0 Å². The minimum absolute atomic E-state index is 0.472. The van der Waals surface area contributed by atoms with Crippen LogP contribution in [-0.4, -0.2) is 9.97 Å². The van der Waals surface area contributed by atoms with Gasteiger partial charge in [0.05, 0.1) is 11.4 Å². The van der Waals surface area contributed by atoms with Crippen molar-refractivity contribution in [1.29, 1.82) is 0 Å². The molecule has 2 aliphatic carbocycles. The molecule has 0 saturated heterocycles. The fraction of sp³-hybridized carbons (Fsp3) is 0.167. The molecule has 0 aliphatic heterocycles. The molecule has 2 aliphatic rings. The van der Waals surface area contributed by atoms with Crippen molar-refractivity contribution in [3.05, 3.63) is 205 Å². The van der Waals surface area contributed by atoms with Crippen LogP contribution in [-0.2, 0) is 0 Å². The number of anilines is 6. The number of benzene rings is 8. The molecule has 0 unspecified atom stereocenters. The van der Waals surface area contributed by atoms with Gasteiger partial charge < -0.3 is 18.6 Å². The van der Waals surface area contributed by atoms with Crippen LogP contribution in [0.5, 0.6) is 0 Å². The lowest BCUT2D eigenvalue weighted by molar-refractivity contribution is 0.617. The standard InChI is InChI=1S/C60H50N4O2/c1-5-21-47(22-6-1)63(48-23-7-2-8-24-48)55-39-53-57(37-51(55)43-17-13-14-18-43)65-59(61-53)45-33-29-41(30-34-45)42-31-35-46(36-32-42)60-62-54-40-56(52(38-58(54)66-60)44-19-15-16-20-44)64(49-25-9-3-10-26-49)50-27-11-4-12-28-50/h1-12,21-40,43-44H,13-20H2. The van der Waals surface area contributed by atoms with E-state index in [2.05, 4.69) is 204 Å². The minimum atomic E-state index is 0.472. The van der Waals surface area contributed by atoms with Gasteiger partial charge in [0.2, 0.25) is 11.8 Å². The molecule has 10 aromatic rings. The van der Waals surface area contributed by atoms with Crippen molar-refractivity contribution >= 4 is 56.3 Å². The third-order valence-corrected chi connectivity index (χ3v) is 13.8. The van der Waals surface area contributed by atoms with Gasteiger partial charge in [-0.2, -0.15) is 0 Å². The van der Waals surface area contributed by atoms with Crippen molar-refractivity contribution in [3.8, 4) is 34.0 Å². The Kier molecular flexibility index (Phi) is 10.5. The van der Waals surface area contributed by atoms with Gasteiger partial charge in [-0.1, -0.05) is 123 Å². The highest BCUT2D eigenvalue weighted by Crippen LogP contribution is 2.48. The molecule has 12 rings (SSSR count). The monoisotopic (exact) mass is 858 g/mol. The minimum Gasteiger partial charge on any atom is -0.436 e. The Balaban J connectivity index is 0.843. The normalized spacial score (nSPS) is 14.4. The first kappa shape index (κ1) is 39.9. The SMILES string of the molecule is c1ccc(N(c2ccccc2)c2cc3nc(-c4ccc(-c5ccc(-c6nc7cc(N(c8ccccc8)c8ccccc8)c(C8CCCC8)cc7o6)cc5)cc4)oc3cc2C2CCCC2)cc1. The molecule has 0 bridgehead atoms. The van der Waals surface area contributed by atoms with E-state index >= 15 is 0 Å². The van der Waals surface area contributed by atoms with Crippen LogP contribution >= 0.6 is 0 Å². The van der Waals surface area contributed by atoms with Crippen LogP contribution in [0.4, 0.5) is 34.1 Å². The van der Waals surface area contributed by atoms with Crippen LogP contribution in [0.15, 0.2) is 203 Å². The molecule has 2 aromatic heterocycles. The van der Waals surface area contributed by atoms with E-state index in [1.54, 1.807) is 0 Å². The highest BCUT2D eigenvalue weighted by molar-refractivity contribution is 5.90. The highest BCUT2D eigenvalue weighted by Gasteiger charge is 2.28. The maximum atomic E-state index is 6.59. The largest absolute Gasteiger partial charge is 0.436 e. The van der Waals surface area contributed by atoms with Gasteiger partial charge in [0.15, 0.2) is 11.2 Å². The summed E-state index contributed by atoms with van der Waals surface area (Å²) >= 11 is 0. The van der Waals surface area contributed by atoms with E-state index in [0.29, 0.717) is 23.6 Å². The second-order valence-electron chi connectivity index (χ2n) is 17.9. The summed E-state index contributed by atoms with van der Waals surface area (Å²) in [6.07, 6.45) is 9.71. The van der Waals surface area contributed by atoms with E-state index in [1.165, 1.54) is 73.9 Å². The van der Waals surface area contributed by atoms with Crippen LogP contribution in [0.2, 0.25) is 0 Å². The maximum Gasteiger partial charge on any atom is 0.227 e. The zero-order chi connectivity index (χ0) is 43.8. The lowest BCUT2D eigenvalue weighted by Gasteiger charge is -2.29. The van der Waals surface area contributed by atoms with Gasteiger partial charge in [0.1, 0.15) is 11.0 Å². The molecule has 8 aromatic carbocycles. The Labute approximate surface area is 385 Å². The summed E-state index contributed by atoms with van der Waals surface area (Å²) in [5.74, 6) is 2.19. The van der Waals surface area contributed by atoms with Gasteiger partial charge >= 0.3 is 0 Å². The molecule has 6 nitrogen and oxygen atoms in total. The van der Waals surface area contributed by atoms with Crippen LogP contribution in [0, 0.1) is 0 Å². The fourth-order valence-corrected chi connectivity index (χ4v) is 10.5. The van der Waals surface area contributed by atoms with Crippen LogP contribution in [0.25, 0.3) is 56.2 Å². The van der Waals surface area contributed by atoms with Gasteiger partial charge in [-0.3, -0.25) is 0 Å². The third kappa shape index (κ3) is 7.62. The van der Waals surface area contributed by atoms with Crippen molar-refractivity contribution in [2.45, 2.75) is 63.2 Å². The second kappa shape index (κ2) is 17.4. The van der Waals surface area contributed by atoms with Gasteiger partial charge in [-0.25, -0.2) is 9.97 Å². The Morgan fingerprint density at radius 3 is 0.970 bits per heavy atom. The van der Waals surface area contributed by atoms with E-state index < -0.39 is 0 Å². The zero-order valence-corrected chi connectivity index (χ0v) is 36.9. The molecule has 0 N–H and O–H groups in total. The fourth-order valence-electron chi connectivity index (χ4n) is 10.5. The van der Waals surface area contributed by atoms with Crippen molar-refractivity contribution in [3.63, 3.8) is 0 Å². The summed E-state index contributed by atoms with van der Waals surface area (Å²) in [5.41, 5.74) is 16.9. The number of aromatic nitrogens is 2. The van der Waals surface area contributed by atoms with Crippen molar-refractivity contribution in [2.75, 3.05) is 9.80 Å². The molecule has 0 radical (unpaired) electrons. The lowest BCUT2D eigenvalue weighted by Crippen LogP contribution is -2.13. The quantitative estimate of drug-likeness (QED) is 0.129. The molecule has 2 saturated carbocycles. The number of rotatable bonds is 11. The van der Waals surface area contributed by atoms with Crippen molar-refractivity contribution in [1.82, 2.24) is 9.97 Å². The van der Waals surface area contributed by atoms with E-state index in [9.17, 15) is 0 Å². The summed E-state index contributed by atoms with van der Waals surface area (Å²) in [6.45, 7) is 0. The second-order valence-corrected chi connectivity index (χ2v) is 17.9. The lowest BCUT2D eigenvalue weighted by atomic mass is 9.94. The number of fused-ring (bicyclic) bond motifs is 2. The Morgan fingerprint density at radius 2 is 0.652 bits per heavy atom. The molecule has 6 heteroatoms. The van der Waals surface area contributed by atoms with Gasteiger partial charge in [-0.05, 0) is 157 Å². The molecular weight excluding hydrogens is 809 g/mol. The van der Waals surface area contributed by atoms with Gasteiger partial charge in [0.25, 0.3) is 0 Å². The zero-order valence-electron chi connectivity index (χ0n) is 36.9. The number of oxazole rings is 2. The molecular formula is C60H50N4O2. The highest BCUT2D eigenvalue weighted by atomic mass is 16.4. The molecule has 0 spiro atoms. The molecule has 0 atom stereocenters. The predicted molar refractivity (Wildman–Crippen MR) is 270 cm³/mol. The summed E-state index contributed by atoms with van der Waals surface area (Å²) in [4.78, 5) is 15.0. The number of para-hydroxylation sites is 4. The van der Waals surface area contributed by atoms with Crippen LogP contribution < -0.4 is 9.80 Å². The van der Waals surface area contributed by atoms with E-state index in [4.69, 9.17) is 18.8 Å². The molecule has 2 heterocycles. The van der Waals surface area contributed by atoms with Gasteiger partial charge in [0, 0.05) is 33.9 Å². The summed E-state index contributed by atoms with van der Waals surface area (Å²) < 4.78 is 13.2. The smallest absolute Gasteiger partial charge is 0.227 e. The first-order valence-electron chi connectivity index (χ1n) is 23.6. The molecule has 66 heavy (non-hydrogen) atoms. The van der Waals surface area contributed by atoms with E-state index in [1.807, 2.05) is 0 Å². The molecule has 0 amide bonds. The third-order valence-electron chi connectivity index (χ3n) is 13.8. The first-order chi connectivity index (χ1) is 32.7. The number of nitrogens with zero attached hydrogens (tertiary/aromatic N) is 4. The van der Waals surface area contributed by atoms with Crippen LogP contribution in [0.1, 0.15) is 74.3 Å². The number of hydrogen-bond acceptors (Lipinski definition) is 6. The van der Waals surface area contributed by atoms with Crippen molar-refractivity contribution < 1.29 is 8.83 Å². The predicted octanol–water partition coefficient (Wildman–Crippen LogP) is 17.2. The topological polar surface area (TPSA) is 58.5 Å². The van der Waals surface area contributed by atoms with Crippen molar-refractivity contribution in [2.24, 2.45) is 0 Å². The van der Waals surface area contributed by atoms with Crippen LogP contribution in [0.3, 0.4) is 0 Å². The summed E-state index contributed by atoms with van der Waals surface area (Å²) in [7, 11) is 0. The van der Waals surface area contributed by atoms with E-state index in [0.717, 1.165) is 67.2 Å². The van der Waals surface area contributed by atoms with E-state index in [-0.39, 0.29) is 0 Å². The maximum absolute atomic E-state index is 6.59. The average Bonchev–Trinajstić information content (AvgIpc) is 4.24. The Hall–Kier alpha value is -7.70. The average molecular weight is 859 g/mol. The molecule has 2 fully saturated rings. The Morgan fingerprint density at radius 1 is 0.348 bits per heavy atom. The molecule has 322 valence electrons. The first-order valence-corrected chi connectivity index (χ1v) is 23.6. The number of hydrogen-bond donors (Lipinski definition) is 0. The summed E-state index contributed by atoms with van der Waals surface area (Å²) in [5, 5.41) is 0. The Bertz CT molecular complexity index is 2940. The summed E-state index contributed by atoms with van der Waals surface area (Å²) in [6, 6.07) is 68.7.